The molecule has 1 aromatic carbocycles. The van der Waals surface area contributed by atoms with Crippen LogP contribution < -0.4 is 0 Å². The highest BCUT2D eigenvalue weighted by Crippen LogP contribution is 2.49. The Hall–Kier alpha value is -1.90. The average Bonchev–Trinajstić information content (AvgIpc) is 3.15. The minimum absolute atomic E-state index is 0.174. The number of benzene rings is 1. The molecule has 1 fully saturated rings. The van der Waals surface area contributed by atoms with E-state index in [0.29, 0.717) is 24.0 Å². The van der Waals surface area contributed by atoms with Crippen LogP contribution in [-0.2, 0) is 32.4 Å². The molecule has 1 aliphatic carbocycles. The first-order chi connectivity index (χ1) is 10.6. The van der Waals surface area contributed by atoms with Gasteiger partial charge >= 0.3 is 0 Å². The van der Waals surface area contributed by atoms with Crippen LogP contribution in [-0.4, -0.2) is 20.2 Å². The lowest BCUT2D eigenvalue weighted by atomic mass is 9.95. The summed E-state index contributed by atoms with van der Waals surface area (Å²) in [5, 5.41) is 3.67. The molecule has 0 radical (unpaired) electrons. The number of aldehydes is 1. The molecule has 1 heterocycles. The standard InChI is InChI=1S/C14H12FNO5S/c15-12-5-9(7-20-22(18)19)1-2-10(12)13-11(6-16-21-13)14(8-17)3-4-14/h1-2,5-6,8H,3-4,7H2,(H,18,19)/p-1. The number of hydrogen-bond acceptors (Lipinski definition) is 6. The summed E-state index contributed by atoms with van der Waals surface area (Å²) >= 11 is -2.66. The van der Waals surface area contributed by atoms with Gasteiger partial charge in [-0.05, 0) is 30.5 Å². The molecule has 0 bridgehead atoms. The summed E-state index contributed by atoms with van der Waals surface area (Å²) in [6.07, 6.45) is 3.65. The van der Waals surface area contributed by atoms with Gasteiger partial charge in [0.2, 0.25) is 0 Å². The highest BCUT2D eigenvalue weighted by atomic mass is 32.2. The lowest BCUT2D eigenvalue weighted by Crippen LogP contribution is -2.08. The third-order valence-corrected chi connectivity index (χ3v) is 4.03. The second-order valence-electron chi connectivity index (χ2n) is 5.12. The van der Waals surface area contributed by atoms with Gasteiger partial charge in [0, 0.05) is 5.56 Å². The van der Waals surface area contributed by atoms with Crippen molar-refractivity contribution in [3.05, 3.63) is 41.3 Å². The average molecular weight is 324 g/mol. The fourth-order valence-corrected chi connectivity index (χ4v) is 2.55. The van der Waals surface area contributed by atoms with Crippen molar-refractivity contribution in [1.82, 2.24) is 5.16 Å². The van der Waals surface area contributed by atoms with Crippen molar-refractivity contribution in [2.75, 3.05) is 0 Å². The van der Waals surface area contributed by atoms with E-state index in [1.807, 2.05) is 0 Å². The molecule has 6 nitrogen and oxygen atoms in total. The summed E-state index contributed by atoms with van der Waals surface area (Å²) in [5.74, 6) is -0.376. The van der Waals surface area contributed by atoms with Crippen LogP contribution >= 0.6 is 0 Å². The Morgan fingerprint density at radius 2 is 2.27 bits per heavy atom. The summed E-state index contributed by atoms with van der Waals surface area (Å²) < 4.78 is 44.4. The van der Waals surface area contributed by atoms with Crippen molar-refractivity contribution in [1.29, 1.82) is 0 Å². The van der Waals surface area contributed by atoms with Crippen LogP contribution in [0, 0.1) is 5.82 Å². The van der Waals surface area contributed by atoms with Crippen molar-refractivity contribution in [2.24, 2.45) is 0 Å². The smallest absolute Gasteiger partial charge is 0.173 e. The van der Waals surface area contributed by atoms with Gasteiger partial charge < -0.3 is 13.9 Å². The molecule has 0 spiro atoms. The van der Waals surface area contributed by atoms with Crippen molar-refractivity contribution in [3.63, 3.8) is 0 Å². The van der Waals surface area contributed by atoms with E-state index in [0.717, 1.165) is 12.4 Å². The van der Waals surface area contributed by atoms with Gasteiger partial charge in [-0.15, -0.1) is 0 Å². The van der Waals surface area contributed by atoms with Crippen LogP contribution in [0.15, 0.2) is 28.9 Å². The van der Waals surface area contributed by atoms with E-state index in [1.54, 1.807) is 0 Å². The van der Waals surface area contributed by atoms with Gasteiger partial charge in [-0.2, -0.15) is 0 Å². The first-order valence-electron chi connectivity index (χ1n) is 6.48. The zero-order valence-electron chi connectivity index (χ0n) is 11.3. The molecular formula is C14H11FNO5S-. The quantitative estimate of drug-likeness (QED) is 0.596. The normalized spacial score (nSPS) is 17.2. The van der Waals surface area contributed by atoms with Crippen LogP contribution in [0.4, 0.5) is 4.39 Å². The van der Waals surface area contributed by atoms with E-state index < -0.39 is 22.6 Å². The molecule has 1 aromatic heterocycles. The third kappa shape index (κ3) is 2.72. The zero-order valence-corrected chi connectivity index (χ0v) is 12.1. The molecule has 0 aliphatic heterocycles. The molecule has 1 atom stereocenters. The van der Waals surface area contributed by atoms with Gasteiger partial charge in [0.15, 0.2) is 5.76 Å². The summed E-state index contributed by atoms with van der Waals surface area (Å²) in [7, 11) is 0. The molecule has 0 saturated heterocycles. The number of carbonyl (C=O) groups is 1. The monoisotopic (exact) mass is 324 g/mol. The summed E-state index contributed by atoms with van der Waals surface area (Å²) in [5.41, 5.74) is 0.491. The second kappa shape index (κ2) is 5.71. The Bertz CT molecular complexity index is 741. The van der Waals surface area contributed by atoms with Crippen LogP contribution in [0.1, 0.15) is 24.0 Å². The zero-order chi connectivity index (χ0) is 15.7. The minimum Gasteiger partial charge on any atom is -0.750 e. The highest BCUT2D eigenvalue weighted by Gasteiger charge is 2.47. The number of aromatic nitrogens is 1. The van der Waals surface area contributed by atoms with E-state index in [2.05, 4.69) is 9.34 Å². The van der Waals surface area contributed by atoms with E-state index in [-0.39, 0.29) is 17.9 Å². The van der Waals surface area contributed by atoms with Crippen molar-refractivity contribution >= 4 is 17.6 Å². The largest absolute Gasteiger partial charge is 0.750 e. The van der Waals surface area contributed by atoms with Gasteiger partial charge in [-0.3, -0.25) is 4.18 Å². The SMILES string of the molecule is O=CC1(c2cnoc2-c2ccc(COS(=O)[O-])cc2F)CC1. The Balaban J connectivity index is 1.92. The van der Waals surface area contributed by atoms with Crippen LogP contribution in [0.5, 0.6) is 0 Å². The van der Waals surface area contributed by atoms with E-state index >= 15 is 0 Å². The molecule has 0 amide bonds. The molecule has 3 rings (SSSR count). The maximum atomic E-state index is 14.2. The number of halogens is 1. The third-order valence-electron chi connectivity index (χ3n) is 3.72. The summed E-state index contributed by atoms with van der Waals surface area (Å²) in [4.78, 5) is 11.2. The molecule has 2 aromatic rings. The summed E-state index contributed by atoms with van der Waals surface area (Å²) in [6, 6.07) is 4.14. The van der Waals surface area contributed by atoms with Crippen molar-refractivity contribution in [2.45, 2.75) is 24.9 Å². The molecule has 1 saturated carbocycles. The van der Waals surface area contributed by atoms with Crippen LogP contribution in [0.25, 0.3) is 11.3 Å². The fourth-order valence-electron chi connectivity index (χ4n) is 2.32. The number of carbonyl (C=O) groups excluding carboxylic acids is 1. The minimum atomic E-state index is -2.66. The van der Waals surface area contributed by atoms with Gasteiger partial charge in [-0.25, -0.2) is 8.60 Å². The van der Waals surface area contributed by atoms with Gasteiger partial charge in [0.1, 0.15) is 12.1 Å². The Kier molecular flexibility index (Phi) is 3.90. The lowest BCUT2D eigenvalue weighted by molar-refractivity contribution is -0.109. The maximum absolute atomic E-state index is 14.2. The molecule has 116 valence electrons. The van der Waals surface area contributed by atoms with Crippen molar-refractivity contribution < 1.29 is 26.7 Å². The maximum Gasteiger partial charge on any atom is 0.173 e. The number of rotatable bonds is 6. The van der Waals surface area contributed by atoms with Crippen LogP contribution in [0.3, 0.4) is 0 Å². The molecular weight excluding hydrogens is 313 g/mol. The van der Waals surface area contributed by atoms with Crippen molar-refractivity contribution in [3.8, 4) is 11.3 Å². The van der Waals surface area contributed by atoms with Gasteiger partial charge in [-0.1, -0.05) is 11.2 Å². The van der Waals surface area contributed by atoms with E-state index in [4.69, 9.17) is 4.52 Å². The molecule has 1 aliphatic rings. The Labute approximate surface area is 127 Å². The first-order valence-corrected chi connectivity index (χ1v) is 7.48. The Morgan fingerprint density at radius 3 is 2.86 bits per heavy atom. The highest BCUT2D eigenvalue weighted by molar-refractivity contribution is 7.74. The summed E-state index contributed by atoms with van der Waals surface area (Å²) in [6.45, 7) is -0.255. The topological polar surface area (TPSA) is 92.5 Å². The number of hydrogen-bond donors (Lipinski definition) is 0. The van der Waals surface area contributed by atoms with Crippen LogP contribution in [0.2, 0.25) is 0 Å². The van der Waals surface area contributed by atoms with Gasteiger partial charge in [0.05, 0.1) is 35.1 Å². The fraction of sp³-hybridized carbons (Fsp3) is 0.286. The van der Waals surface area contributed by atoms with E-state index in [9.17, 15) is 17.9 Å². The molecule has 8 heteroatoms. The van der Waals surface area contributed by atoms with Gasteiger partial charge in [0.25, 0.3) is 0 Å². The second-order valence-corrected chi connectivity index (χ2v) is 5.77. The molecule has 22 heavy (non-hydrogen) atoms. The van der Waals surface area contributed by atoms with E-state index in [1.165, 1.54) is 18.3 Å². The Morgan fingerprint density at radius 1 is 1.50 bits per heavy atom. The molecule has 0 N–H and O–H groups in total. The number of nitrogens with zero attached hydrogens (tertiary/aromatic N) is 1. The predicted octanol–water partition coefficient (Wildman–Crippen LogP) is 2.02. The first kappa shape index (κ1) is 15.0. The lowest BCUT2D eigenvalue weighted by Gasteiger charge is -2.09. The predicted molar refractivity (Wildman–Crippen MR) is 72.6 cm³/mol. The molecule has 1 unspecified atom stereocenters.